The summed E-state index contributed by atoms with van der Waals surface area (Å²) < 4.78 is 6.52. The summed E-state index contributed by atoms with van der Waals surface area (Å²) in [6.45, 7) is 1.47. The molecule has 6 heteroatoms. The van der Waals surface area contributed by atoms with Gasteiger partial charge in [-0.3, -0.25) is 14.4 Å². The Bertz CT molecular complexity index is 606. The maximum absolute atomic E-state index is 12.5. The summed E-state index contributed by atoms with van der Waals surface area (Å²) in [6, 6.07) is 1.36. The number of methoxy groups -OCH3 is 1. The minimum Gasteiger partial charge on any atom is -0.469 e. The number of ketones is 1. The quantitative estimate of drug-likeness (QED) is 0.523. The second-order valence-electron chi connectivity index (χ2n) is 6.13. The summed E-state index contributed by atoms with van der Waals surface area (Å²) in [7, 11) is 3.11. The minimum absolute atomic E-state index is 0.0819. The average Bonchev–Trinajstić information content (AvgIpc) is 2.76. The van der Waals surface area contributed by atoms with Crippen molar-refractivity contribution < 1.29 is 19.1 Å². The van der Waals surface area contributed by atoms with Crippen LogP contribution >= 0.6 is 0 Å². The number of hydrogen-bond donors (Lipinski definition) is 1. The van der Waals surface area contributed by atoms with E-state index in [0.29, 0.717) is 11.3 Å². The summed E-state index contributed by atoms with van der Waals surface area (Å²) in [5.41, 5.74) is 0.922. The fourth-order valence-corrected chi connectivity index (χ4v) is 3.14. The topological polar surface area (TPSA) is 77.4 Å². The highest BCUT2D eigenvalue weighted by molar-refractivity contribution is 5.99. The van der Waals surface area contributed by atoms with Crippen LogP contribution in [-0.2, 0) is 16.6 Å². The lowest BCUT2D eigenvalue weighted by Gasteiger charge is -2.24. The predicted molar refractivity (Wildman–Crippen MR) is 85.3 cm³/mol. The van der Waals surface area contributed by atoms with Crippen molar-refractivity contribution in [3.8, 4) is 0 Å². The first-order valence-corrected chi connectivity index (χ1v) is 8.00. The van der Waals surface area contributed by atoms with Crippen LogP contribution < -0.4 is 5.32 Å². The van der Waals surface area contributed by atoms with Crippen molar-refractivity contribution in [2.24, 2.45) is 13.0 Å². The lowest BCUT2D eigenvalue weighted by Crippen LogP contribution is -2.43. The third-order valence-corrected chi connectivity index (χ3v) is 4.48. The number of hydrogen-bond acceptors (Lipinski definition) is 4. The van der Waals surface area contributed by atoms with E-state index in [1.165, 1.54) is 14.0 Å². The largest absolute Gasteiger partial charge is 0.469 e. The fourth-order valence-electron chi connectivity index (χ4n) is 3.14. The fraction of sp³-hybridized carbons (Fsp3) is 0.588. The van der Waals surface area contributed by atoms with Crippen LogP contribution in [0.2, 0.25) is 0 Å². The summed E-state index contributed by atoms with van der Waals surface area (Å²) >= 11 is 0. The molecule has 1 aromatic rings. The van der Waals surface area contributed by atoms with Crippen molar-refractivity contribution in [3.05, 3.63) is 23.5 Å². The summed E-state index contributed by atoms with van der Waals surface area (Å²) in [6.07, 6.45) is 6.12. The molecule has 1 aliphatic carbocycles. The van der Waals surface area contributed by atoms with Crippen molar-refractivity contribution in [2.45, 2.75) is 45.1 Å². The zero-order chi connectivity index (χ0) is 17.0. The molecular weight excluding hydrogens is 296 g/mol. The van der Waals surface area contributed by atoms with Gasteiger partial charge in [0.2, 0.25) is 0 Å². The van der Waals surface area contributed by atoms with Crippen LogP contribution in [0.5, 0.6) is 0 Å². The molecule has 0 bridgehead atoms. The number of carbonyl (C=O) groups excluding carboxylic acids is 3. The maximum atomic E-state index is 12.5. The van der Waals surface area contributed by atoms with Crippen molar-refractivity contribution in [3.63, 3.8) is 0 Å². The molecule has 0 aromatic carbocycles. The highest BCUT2D eigenvalue weighted by Crippen LogP contribution is 2.25. The van der Waals surface area contributed by atoms with Crippen LogP contribution in [0.25, 0.3) is 0 Å². The van der Waals surface area contributed by atoms with E-state index < -0.39 is 0 Å². The van der Waals surface area contributed by atoms with E-state index in [1.54, 1.807) is 23.9 Å². The van der Waals surface area contributed by atoms with Crippen molar-refractivity contribution in [2.75, 3.05) is 7.11 Å². The standard InChI is InChI=1S/C17H24N2O4/c1-11(20)12-9-15(19(2)10-12)16(21)18-14-8-6-4-5-7-13(14)17(22)23-3/h9-10,13-14H,4-8H2,1-3H3,(H,18,21)/t13-,14-/m0/s1. The lowest BCUT2D eigenvalue weighted by molar-refractivity contribution is -0.146. The molecule has 1 saturated carbocycles. The van der Waals surface area contributed by atoms with E-state index in [1.807, 2.05) is 0 Å². The Balaban J connectivity index is 2.16. The second kappa shape index (κ2) is 7.44. The van der Waals surface area contributed by atoms with Crippen LogP contribution in [0.1, 0.15) is 59.9 Å². The molecule has 0 radical (unpaired) electrons. The number of Topliss-reactive ketones (excluding diaryl/α,β-unsaturated/α-hetero) is 1. The van der Waals surface area contributed by atoms with Crippen molar-refractivity contribution in [1.29, 1.82) is 0 Å². The first kappa shape index (κ1) is 17.2. The molecule has 1 amide bonds. The SMILES string of the molecule is COC(=O)[C@H]1CCCCC[C@@H]1NC(=O)c1cc(C(C)=O)cn1C. The molecule has 0 unspecified atom stereocenters. The number of rotatable bonds is 4. The van der Waals surface area contributed by atoms with Crippen LogP contribution in [0.3, 0.4) is 0 Å². The van der Waals surface area contributed by atoms with E-state index in [-0.39, 0.29) is 29.6 Å². The van der Waals surface area contributed by atoms with Gasteiger partial charge < -0.3 is 14.6 Å². The lowest BCUT2D eigenvalue weighted by atomic mass is 9.94. The number of nitrogens with one attached hydrogen (secondary N) is 1. The Morgan fingerprint density at radius 1 is 1.22 bits per heavy atom. The monoisotopic (exact) mass is 320 g/mol. The first-order valence-electron chi connectivity index (χ1n) is 8.00. The highest BCUT2D eigenvalue weighted by atomic mass is 16.5. The van der Waals surface area contributed by atoms with Gasteiger partial charge in [0.1, 0.15) is 5.69 Å². The molecule has 6 nitrogen and oxygen atoms in total. The van der Waals surface area contributed by atoms with E-state index in [4.69, 9.17) is 4.74 Å². The summed E-state index contributed by atoms with van der Waals surface area (Å²) in [5.74, 6) is -0.921. The van der Waals surface area contributed by atoms with Gasteiger partial charge >= 0.3 is 5.97 Å². The summed E-state index contributed by atoms with van der Waals surface area (Å²) in [5, 5.41) is 2.96. The maximum Gasteiger partial charge on any atom is 0.310 e. The number of ether oxygens (including phenoxy) is 1. The van der Waals surface area contributed by atoms with Crippen LogP contribution in [0, 0.1) is 5.92 Å². The molecular formula is C17H24N2O4. The highest BCUT2D eigenvalue weighted by Gasteiger charge is 2.32. The molecule has 2 rings (SSSR count). The molecule has 1 fully saturated rings. The molecule has 0 saturated heterocycles. The van der Waals surface area contributed by atoms with Gasteiger partial charge in [-0.25, -0.2) is 0 Å². The van der Waals surface area contributed by atoms with Crippen molar-refractivity contribution >= 4 is 17.7 Å². The third-order valence-electron chi connectivity index (χ3n) is 4.48. The Hall–Kier alpha value is -2.11. The van der Waals surface area contributed by atoms with E-state index in [9.17, 15) is 14.4 Å². The number of esters is 1. The molecule has 1 N–H and O–H groups in total. The first-order chi connectivity index (χ1) is 10.9. The smallest absolute Gasteiger partial charge is 0.310 e. The molecule has 126 valence electrons. The van der Waals surface area contributed by atoms with Crippen LogP contribution in [0.4, 0.5) is 0 Å². The number of amides is 1. The van der Waals surface area contributed by atoms with Gasteiger partial charge in [-0.05, 0) is 25.8 Å². The predicted octanol–water partition coefficient (Wildman–Crippen LogP) is 2.08. The molecule has 1 aliphatic rings. The molecule has 1 aromatic heterocycles. The minimum atomic E-state index is -0.306. The second-order valence-corrected chi connectivity index (χ2v) is 6.13. The van der Waals surface area contributed by atoms with Gasteiger partial charge in [0, 0.05) is 24.8 Å². The normalized spacial score (nSPS) is 21.3. The number of aromatic nitrogens is 1. The number of nitrogens with zero attached hydrogens (tertiary/aromatic N) is 1. The van der Waals surface area contributed by atoms with Gasteiger partial charge in [-0.1, -0.05) is 19.3 Å². The molecule has 0 aliphatic heterocycles. The number of carbonyl (C=O) groups is 3. The Morgan fingerprint density at radius 3 is 2.52 bits per heavy atom. The Kier molecular flexibility index (Phi) is 5.58. The van der Waals surface area contributed by atoms with Crippen molar-refractivity contribution in [1.82, 2.24) is 9.88 Å². The summed E-state index contributed by atoms with van der Waals surface area (Å²) in [4.78, 5) is 36.0. The van der Waals surface area contributed by atoms with E-state index in [2.05, 4.69) is 5.32 Å². The Morgan fingerprint density at radius 2 is 1.91 bits per heavy atom. The van der Waals surface area contributed by atoms with Gasteiger partial charge in [-0.2, -0.15) is 0 Å². The molecule has 23 heavy (non-hydrogen) atoms. The third kappa shape index (κ3) is 4.00. The van der Waals surface area contributed by atoms with Crippen LogP contribution in [0.15, 0.2) is 12.3 Å². The van der Waals surface area contributed by atoms with Gasteiger partial charge in [0.25, 0.3) is 5.91 Å². The zero-order valence-electron chi connectivity index (χ0n) is 13.9. The Labute approximate surface area is 136 Å². The van der Waals surface area contributed by atoms with Gasteiger partial charge in [-0.15, -0.1) is 0 Å². The van der Waals surface area contributed by atoms with Gasteiger partial charge in [0.15, 0.2) is 5.78 Å². The molecule has 1 heterocycles. The van der Waals surface area contributed by atoms with Crippen LogP contribution in [-0.4, -0.2) is 35.4 Å². The number of aryl methyl sites for hydroxylation is 1. The molecule has 0 spiro atoms. The molecule has 2 atom stereocenters. The average molecular weight is 320 g/mol. The van der Waals surface area contributed by atoms with E-state index in [0.717, 1.165) is 32.1 Å². The van der Waals surface area contributed by atoms with Gasteiger partial charge in [0.05, 0.1) is 13.0 Å². The van der Waals surface area contributed by atoms with E-state index >= 15 is 0 Å². The zero-order valence-corrected chi connectivity index (χ0v) is 13.9.